The van der Waals surface area contributed by atoms with Crippen LogP contribution in [0.15, 0.2) is 53.4 Å². The van der Waals surface area contributed by atoms with Crippen LogP contribution in [0.5, 0.6) is 0 Å². The molecule has 0 spiro atoms. The van der Waals surface area contributed by atoms with Crippen molar-refractivity contribution in [3.63, 3.8) is 0 Å². The van der Waals surface area contributed by atoms with Crippen molar-refractivity contribution in [2.75, 3.05) is 32.8 Å². The van der Waals surface area contributed by atoms with E-state index in [-0.39, 0.29) is 29.4 Å². The lowest BCUT2D eigenvalue weighted by atomic mass is 10.1. The number of amides is 1. The van der Waals surface area contributed by atoms with Crippen molar-refractivity contribution in [2.24, 2.45) is 0 Å². The number of rotatable bonds is 9. The molecular weight excluding hydrogens is 423 g/mol. The molecule has 2 aromatic carbocycles. The van der Waals surface area contributed by atoms with Gasteiger partial charge in [-0.1, -0.05) is 12.1 Å². The second-order valence-electron chi connectivity index (χ2n) is 7.19. The van der Waals surface area contributed by atoms with Crippen LogP contribution in [0.3, 0.4) is 0 Å². The molecule has 1 aliphatic heterocycles. The van der Waals surface area contributed by atoms with Gasteiger partial charge in [0, 0.05) is 38.0 Å². The predicted molar refractivity (Wildman–Crippen MR) is 113 cm³/mol. The zero-order chi connectivity index (χ0) is 22.3. The average molecular weight is 449 g/mol. The zero-order valence-electron chi connectivity index (χ0n) is 17.1. The highest BCUT2D eigenvalue weighted by atomic mass is 32.2. The molecule has 0 saturated carbocycles. The molecule has 0 unspecified atom stereocenters. The molecule has 9 heteroatoms. The molecule has 1 saturated heterocycles. The minimum Gasteiger partial charge on any atom is -0.379 e. The highest BCUT2D eigenvalue weighted by molar-refractivity contribution is 7.89. The van der Waals surface area contributed by atoms with Crippen molar-refractivity contribution in [3.8, 4) is 0 Å². The number of carbonyl (C=O) groups is 2. The molecule has 3 rings (SSSR count). The van der Waals surface area contributed by atoms with Crippen LogP contribution in [-0.4, -0.2) is 57.3 Å². The van der Waals surface area contributed by atoms with E-state index in [2.05, 4.69) is 5.32 Å². The number of hydrogen-bond acceptors (Lipinski definition) is 5. The van der Waals surface area contributed by atoms with E-state index in [0.717, 1.165) is 5.56 Å². The maximum Gasteiger partial charge on any atom is 0.243 e. The van der Waals surface area contributed by atoms with E-state index in [0.29, 0.717) is 44.8 Å². The van der Waals surface area contributed by atoms with Crippen LogP contribution in [-0.2, 0) is 26.0 Å². The summed E-state index contributed by atoms with van der Waals surface area (Å²) >= 11 is 0. The Hall–Kier alpha value is -2.62. The summed E-state index contributed by atoms with van der Waals surface area (Å²) in [5.74, 6) is -0.879. The average Bonchev–Trinajstić information content (AvgIpc) is 2.79. The maximum absolute atomic E-state index is 12.9. The van der Waals surface area contributed by atoms with E-state index in [9.17, 15) is 22.4 Å². The van der Waals surface area contributed by atoms with E-state index in [1.165, 1.54) is 28.6 Å². The number of nitrogens with zero attached hydrogens (tertiary/aromatic N) is 1. The van der Waals surface area contributed by atoms with Gasteiger partial charge in [-0.25, -0.2) is 12.8 Å². The minimum atomic E-state index is -3.52. The molecule has 7 nitrogen and oxygen atoms in total. The quantitative estimate of drug-likeness (QED) is 0.594. The number of ether oxygens (including phenoxy) is 1. The molecule has 0 aromatic heterocycles. The highest BCUT2D eigenvalue weighted by Gasteiger charge is 2.26. The summed E-state index contributed by atoms with van der Waals surface area (Å²) in [6.45, 7) is 1.86. The van der Waals surface area contributed by atoms with Crippen molar-refractivity contribution in [3.05, 3.63) is 65.5 Å². The van der Waals surface area contributed by atoms with Crippen molar-refractivity contribution in [1.82, 2.24) is 9.62 Å². The minimum absolute atomic E-state index is 0.0472. The van der Waals surface area contributed by atoms with Gasteiger partial charge in [0.05, 0.1) is 18.1 Å². The Balaban J connectivity index is 1.42. The molecule has 0 radical (unpaired) electrons. The molecule has 0 bridgehead atoms. The standard InChI is InChI=1S/C22H25FN2O5S/c23-19-5-3-18(4-6-19)21(26)9-10-22(27)24-12-11-17-1-7-20(8-2-17)31(28,29)25-13-15-30-16-14-25/h1-8H,9-16H2,(H,24,27). The Morgan fingerprint density at radius 2 is 1.61 bits per heavy atom. The predicted octanol–water partition coefficient (Wildman–Crippen LogP) is 2.17. The van der Waals surface area contributed by atoms with Crippen LogP contribution >= 0.6 is 0 Å². The molecular formula is C22H25FN2O5S. The van der Waals surface area contributed by atoms with Crippen LogP contribution in [0.25, 0.3) is 0 Å². The molecule has 166 valence electrons. The van der Waals surface area contributed by atoms with E-state index in [1.54, 1.807) is 24.3 Å². The molecule has 2 aromatic rings. The van der Waals surface area contributed by atoms with Gasteiger partial charge in [0.2, 0.25) is 15.9 Å². The monoisotopic (exact) mass is 448 g/mol. The highest BCUT2D eigenvalue weighted by Crippen LogP contribution is 2.18. The van der Waals surface area contributed by atoms with Gasteiger partial charge >= 0.3 is 0 Å². The van der Waals surface area contributed by atoms with Crippen molar-refractivity contribution < 1.29 is 27.1 Å². The number of ketones is 1. The maximum atomic E-state index is 12.9. The van der Waals surface area contributed by atoms with Crippen LogP contribution < -0.4 is 5.32 Å². The largest absolute Gasteiger partial charge is 0.379 e. The van der Waals surface area contributed by atoms with E-state index < -0.39 is 15.8 Å². The van der Waals surface area contributed by atoms with Gasteiger partial charge in [-0.05, 0) is 48.4 Å². The Morgan fingerprint density at radius 1 is 0.968 bits per heavy atom. The Kier molecular flexibility index (Phi) is 7.89. The third kappa shape index (κ3) is 6.43. The summed E-state index contributed by atoms with van der Waals surface area (Å²) in [6.07, 6.45) is 0.633. The number of Topliss-reactive ketones (excluding diaryl/α,β-unsaturated/α-hetero) is 1. The Morgan fingerprint density at radius 3 is 2.26 bits per heavy atom. The number of sulfonamides is 1. The Bertz CT molecular complexity index is 1000. The molecule has 1 heterocycles. The topological polar surface area (TPSA) is 92.8 Å². The first-order valence-corrected chi connectivity index (χ1v) is 11.5. The summed E-state index contributed by atoms with van der Waals surface area (Å²) in [4.78, 5) is 24.2. The van der Waals surface area contributed by atoms with Gasteiger partial charge in [0.25, 0.3) is 0 Å². The second-order valence-corrected chi connectivity index (χ2v) is 9.13. The zero-order valence-corrected chi connectivity index (χ0v) is 17.9. The smallest absolute Gasteiger partial charge is 0.243 e. The second kappa shape index (κ2) is 10.6. The molecule has 1 aliphatic rings. The number of nitrogens with one attached hydrogen (secondary N) is 1. The fraction of sp³-hybridized carbons (Fsp3) is 0.364. The van der Waals surface area contributed by atoms with Crippen LogP contribution in [0, 0.1) is 5.82 Å². The molecule has 0 atom stereocenters. The van der Waals surface area contributed by atoms with Gasteiger partial charge in [0.15, 0.2) is 5.78 Å². The summed E-state index contributed by atoms with van der Waals surface area (Å²) in [5, 5.41) is 2.75. The lowest BCUT2D eigenvalue weighted by Crippen LogP contribution is -2.40. The van der Waals surface area contributed by atoms with Gasteiger partial charge in [-0.15, -0.1) is 0 Å². The number of morpholine rings is 1. The SMILES string of the molecule is O=C(CCC(=O)c1ccc(F)cc1)NCCc1ccc(S(=O)(=O)N2CCOCC2)cc1. The van der Waals surface area contributed by atoms with Crippen LogP contribution in [0.1, 0.15) is 28.8 Å². The number of benzene rings is 2. The van der Waals surface area contributed by atoms with E-state index >= 15 is 0 Å². The summed E-state index contributed by atoms with van der Waals surface area (Å²) in [5.41, 5.74) is 1.27. The number of hydrogen-bond donors (Lipinski definition) is 1. The third-order valence-electron chi connectivity index (χ3n) is 5.01. The fourth-order valence-electron chi connectivity index (χ4n) is 3.21. The molecule has 31 heavy (non-hydrogen) atoms. The third-order valence-corrected chi connectivity index (χ3v) is 6.93. The van der Waals surface area contributed by atoms with Crippen molar-refractivity contribution in [2.45, 2.75) is 24.2 Å². The first-order valence-electron chi connectivity index (χ1n) is 10.1. The van der Waals surface area contributed by atoms with Gasteiger partial charge < -0.3 is 10.1 Å². The lowest BCUT2D eigenvalue weighted by Gasteiger charge is -2.26. The first kappa shape index (κ1) is 23.1. The fourth-order valence-corrected chi connectivity index (χ4v) is 4.61. The molecule has 1 N–H and O–H groups in total. The summed E-state index contributed by atoms with van der Waals surface area (Å²) in [6, 6.07) is 11.8. The van der Waals surface area contributed by atoms with Crippen molar-refractivity contribution >= 4 is 21.7 Å². The van der Waals surface area contributed by atoms with E-state index in [1.807, 2.05) is 0 Å². The van der Waals surface area contributed by atoms with Crippen LogP contribution in [0.4, 0.5) is 4.39 Å². The lowest BCUT2D eigenvalue weighted by molar-refractivity contribution is -0.121. The molecule has 1 amide bonds. The van der Waals surface area contributed by atoms with Crippen LogP contribution in [0.2, 0.25) is 0 Å². The molecule has 0 aliphatic carbocycles. The number of carbonyl (C=O) groups excluding carboxylic acids is 2. The van der Waals surface area contributed by atoms with Crippen molar-refractivity contribution in [1.29, 1.82) is 0 Å². The number of halogens is 1. The molecule has 1 fully saturated rings. The summed E-state index contributed by atoms with van der Waals surface area (Å²) in [7, 11) is -3.52. The van der Waals surface area contributed by atoms with Gasteiger partial charge in [-0.3, -0.25) is 9.59 Å². The van der Waals surface area contributed by atoms with E-state index in [4.69, 9.17) is 4.74 Å². The normalized spacial score (nSPS) is 14.9. The van der Waals surface area contributed by atoms with Gasteiger partial charge in [-0.2, -0.15) is 4.31 Å². The summed E-state index contributed by atoms with van der Waals surface area (Å²) < 4.78 is 44.7. The van der Waals surface area contributed by atoms with Gasteiger partial charge in [0.1, 0.15) is 5.82 Å². The first-order chi connectivity index (χ1) is 14.9. The Labute approximate surface area is 181 Å².